The van der Waals surface area contributed by atoms with Crippen LogP contribution in [-0.2, 0) is 4.74 Å². The maximum absolute atomic E-state index is 12.3. The molecular formula is C18H23N3O2S. The van der Waals surface area contributed by atoms with Gasteiger partial charge in [0.15, 0.2) is 0 Å². The molecule has 1 aliphatic rings. The Balaban J connectivity index is 1.66. The SMILES string of the molecule is C[C@@H](NC(=O)Nc1ccccc1)[C@H](c1cccs1)N1CCOCC1. The minimum absolute atomic E-state index is 0.00883. The van der Waals surface area contributed by atoms with Crippen LogP contribution in [0.3, 0.4) is 0 Å². The Hall–Kier alpha value is -1.89. The lowest BCUT2D eigenvalue weighted by atomic mass is 10.1. The minimum Gasteiger partial charge on any atom is -0.379 e. The average Bonchev–Trinajstić information content (AvgIpc) is 3.11. The highest BCUT2D eigenvalue weighted by Gasteiger charge is 2.29. The number of hydrogen-bond donors (Lipinski definition) is 2. The second kappa shape index (κ2) is 8.28. The lowest BCUT2D eigenvalue weighted by Gasteiger charge is -2.37. The zero-order valence-electron chi connectivity index (χ0n) is 13.8. The van der Waals surface area contributed by atoms with Crippen molar-refractivity contribution in [1.82, 2.24) is 10.2 Å². The Kier molecular flexibility index (Phi) is 5.85. The maximum Gasteiger partial charge on any atom is 0.319 e. The van der Waals surface area contributed by atoms with Crippen molar-refractivity contribution in [2.24, 2.45) is 0 Å². The molecule has 0 bridgehead atoms. The monoisotopic (exact) mass is 345 g/mol. The summed E-state index contributed by atoms with van der Waals surface area (Å²) in [5, 5.41) is 8.06. The lowest BCUT2D eigenvalue weighted by molar-refractivity contribution is 0.0106. The predicted molar refractivity (Wildman–Crippen MR) is 97.5 cm³/mol. The van der Waals surface area contributed by atoms with E-state index in [2.05, 4.69) is 40.0 Å². The number of carbonyl (C=O) groups is 1. The van der Waals surface area contributed by atoms with Crippen LogP contribution < -0.4 is 10.6 Å². The fourth-order valence-electron chi connectivity index (χ4n) is 3.03. The molecule has 3 rings (SSSR count). The zero-order valence-corrected chi connectivity index (χ0v) is 14.6. The summed E-state index contributed by atoms with van der Waals surface area (Å²) in [6, 6.07) is 13.7. The van der Waals surface area contributed by atoms with E-state index in [-0.39, 0.29) is 18.1 Å². The van der Waals surface area contributed by atoms with Crippen molar-refractivity contribution in [3.8, 4) is 0 Å². The molecule has 1 aromatic carbocycles. The van der Waals surface area contributed by atoms with E-state index in [1.54, 1.807) is 11.3 Å². The summed E-state index contributed by atoms with van der Waals surface area (Å²) in [5.41, 5.74) is 0.793. The van der Waals surface area contributed by atoms with Gasteiger partial charge in [0.1, 0.15) is 0 Å². The number of thiophene rings is 1. The van der Waals surface area contributed by atoms with E-state index >= 15 is 0 Å². The van der Waals surface area contributed by atoms with Gasteiger partial charge in [-0.1, -0.05) is 24.3 Å². The normalized spacial score (nSPS) is 17.9. The van der Waals surface area contributed by atoms with Crippen molar-refractivity contribution < 1.29 is 9.53 Å². The molecule has 5 nitrogen and oxygen atoms in total. The first-order chi connectivity index (χ1) is 11.7. The molecular weight excluding hydrogens is 322 g/mol. The van der Waals surface area contributed by atoms with Crippen molar-refractivity contribution in [1.29, 1.82) is 0 Å². The van der Waals surface area contributed by atoms with Crippen molar-refractivity contribution in [3.63, 3.8) is 0 Å². The first-order valence-corrected chi connectivity index (χ1v) is 9.10. The van der Waals surface area contributed by atoms with Crippen LogP contribution in [0.4, 0.5) is 10.5 Å². The van der Waals surface area contributed by atoms with Crippen LogP contribution in [0.1, 0.15) is 17.8 Å². The number of nitrogens with one attached hydrogen (secondary N) is 2. The van der Waals surface area contributed by atoms with E-state index in [9.17, 15) is 4.79 Å². The number of urea groups is 1. The van der Waals surface area contributed by atoms with Gasteiger partial charge in [0.2, 0.25) is 0 Å². The molecule has 1 fully saturated rings. The Labute approximate surface area is 146 Å². The standard InChI is InChI=1S/C18H23N3O2S/c1-14(19-18(22)20-15-6-3-2-4-7-15)17(16-8-5-13-24-16)21-9-11-23-12-10-21/h2-8,13-14,17H,9-12H2,1H3,(H2,19,20,22)/t14-,17-/m1/s1. The van der Waals surface area contributed by atoms with E-state index in [1.165, 1.54) is 4.88 Å². The molecule has 0 radical (unpaired) electrons. The van der Waals surface area contributed by atoms with Gasteiger partial charge >= 0.3 is 6.03 Å². The van der Waals surface area contributed by atoms with Gasteiger partial charge in [-0.2, -0.15) is 0 Å². The number of amides is 2. The topological polar surface area (TPSA) is 53.6 Å². The third kappa shape index (κ3) is 4.35. The molecule has 0 aliphatic carbocycles. The molecule has 1 aliphatic heterocycles. The molecule has 2 amide bonds. The smallest absolute Gasteiger partial charge is 0.319 e. The third-order valence-electron chi connectivity index (χ3n) is 4.14. The molecule has 24 heavy (non-hydrogen) atoms. The summed E-state index contributed by atoms with van der Waals surface area (Å²) in [4.78, 5) is 16.0. The van der Waals surface area contributed by atoms with Crippen molar-refractivity contribution in [2.75, 3.05) is 31.6 Å². The number of nitrogens with zero attached hydrogens (tertiary/aromatic N) is 1. The molecule has 0 unspecified atom stereocenters. The molecule has 6 heteroatoms. The Morgan fingerprint density at radius 3 is 2.58 bits per heavy atom. The van der Waals surface area contributed by atoms with E-state index in [1.807, 2.05) is 30.3 Å². The Morgan fingerprint density at radius 1 is 1.17 bits per heavy atom. The van der Waals surface area contributed by atoms with Crippen LogP contribution >= 0.6 is 11.3 Å². The summed E-state index contributed by atoms with van der Waals surface area (Å²) < 4.78 is 5.47. The maximum atomic E-state index is 12.3. The van der Waals surface area contributed by atoms with Crippen molar-refractivity contribution in [2.45, 2.75) is 19.0 Å². The highest BCUT2D eigenvalue weighted by atomic mass is 32.1. The molecule has 2 N–H and O–H groups in total. The second-order valence-electron chi connectivity index (χ2n) is 5.86. The number of anilines is 1. The second-order valence-corrected chi connectivity index (χ2v) is 6.84. The summed E-state index contributed by atoms with van der Waals surface area (Å²) in [7, 11) is 0. The first-order valence-electron chi connectivity index (χ1n) is 8.22. The number of para-hydroxylation sites is 1. The first kappa shape index (κ1) is 17.0. The number of carbonyl (C=O) groups excluding carboxylic acids is 1. The summed E-state index contributed by atoms with van der Waals surface area (Å²) in [6.07, 6.45) is 0. The van der Waals surface area contributed by atoms with Gasteiger partial charge in [0, 0.05) is 29.7 Å². The number of hydrogen-bond acceptors (Lipinski definition) is 4. The summed E-state index contributed by atoms with van der Waals surface area (Å²) >= 11 is 1.73. The van der Waals surface area contributed by atoms with Gasteiger partial charge in [0.25, 0.3) is 0 Å². The molecule has 2 atom stereocenters. The van der Waals surface area contributed by atoms with Gasteiger partial charge in [-0.15, -0.1) is 11.3 Å². The van der Waals surface area contributed by atoms with Gasteiger partial charge in [-0.25, -0.2) is 4.79 Å². The van der Waals surface area contributed by atoms with E-state index in [0.717, 1.165) is 32.0 Å². The summed E-state index contributed by atoms with van der Waals surface area (Å²) in [5.74, 6) is 0. The van der Waals surface area contributed by atoms with Crippen molar-refractivity contribution in [3.05, 3.63) is 52.7 Å². The Morgan fingerprint density at radius 2 is 1.92 bits per heavy atom. The third-order valence-corrected chi connectivity index (χ3v) is 5.08. The molecule has 1 aromatic heterocycles. The van der Waals surface area contributed by atoms with Gasteiger partial charge < -0.3 is 15.4 Å². The minimum atomic E-state index is -0.177. The zero-order chi connectivity index (χ0) is 16.8. The fraction of sp³-hybridized carbons (Fsp3) is 0.389. The van der Waals surface area contributed by atoms with Crippen molar-refractivity contribution >= 4 is 23.1 Å². The fourth-order valence-corrected chi connectivity index (χ4v) is 4.00. The molecule has 0 spiro atoms. The molecule has 2 heterocycles. The Bertz CT molecular complexity index is 627. The average molecular weight is 345 g/mol. The molecule has 2 aromatic rings. The van der Waals surface area contributed by atoms with Crippen LogP contribution in [0, 0.1) is 0 Å². The molecule has 128 valence electrons. The van der Waals surface area contributed by atoms with E-state index < -0.39 is 0 Å². The molecule has 0 saturated carbocycles. The van der Waals surface area contributed by atoms with Crippen LogP contribution in [0.15, 0.2) is 47.8 Å². The highest BCUT2D eigenvalue weighted by molar-refractivity contribution is 7.10. The largest absolute Gasteiger partial charge is 0.379 e. The van der Waals surface area contributed by atoms with Gasteiger partial charge in [0.05, 0.1) is 19.3 Å². The molecule has 1 saturated heterocycles. The summed E-state index contributed by atoms with van der Waals surface area (Å²) in [6.45, 7) is 5.31. The van der Waals surface area contributed by atoms with Crippen LogP contribution in [0.2, 0.25) is 0 Å². The van der Waals surface area contributed by atoms with Gasteiger partial charge in [-0.05, 0) is 30.5 Å². The van der Waals surface area contributed by atoms with Crippen LogP contribution in [-0.4, -0.2) is 43.3 Å². The number of morpholine rings is 1. The quantitative estimate of drug-likeness (QED) is 0.874. The lowest BCUT2D eigenvalue weighted by Crippen LogP contribution is -2.49. The highest BCUT2D eigenvalue weighted by Crippen LogP contribution is 2.29. The number of ether oxygens (including phenoxy) is 1. The van der Waals surface area contributed by atoms with E-state index in [4.69, 9.17) is 4.74 Å². The van der Waals surface area contributed by atoms with Crippen LogP contribution in [0.5, 0.6) is 0 Å². The predicted octanol–water partition coefficient (Wildman–Crippen LogP) is 3.33. The van der Waals surface area contributed by atoms with E-state index in [0.29, 0.717) is 0 Å². The number of rotatable bonds is 5. The van der Waals surface area contributed by atoms with Crippen LogP contribution in [0.25, 0.3) is 0 Å². The van der Waals surface area contributed by atoms with Gasteiger partial charge in [-0.3, -0.25) is 4.90 Å². The number of benzene rings is 1.